The molecule has 0 bridgehead atoms. The van der Waals surface area contributed by atoms with Gasteiger partial charge in [-0.15, -0.1) is 28.3 Å². The highest BCUT2D eigenvalue weighted by Gasteiger charge is 2.54. The molecule has 33 heavy (non-hydrogen) atoms. The maximum atomic E-state index is 12.7. The first-order chi connectivity index (χ1) is 15.6. The molecule has 2 aliphatic heterocycles. The number of carbonyl (C=O) groups is 3. The molecule has 3 heterocycles. The number of aromatic nitrogens is 1. The fourth-order valence-electron chi connectivity index (χ4n) is 3.17. The second kappa shape index (κ2) is 9.75. The van der Waals surface area contributed by atoms with Crippen molar-refractivity contribution >= 4 is 67.8 Å². The third kappa shape index (κ3) is 5.09. The number of hydrogen-bond acceptors (Lipinski definition) is 13. The van der Waals surface area contributed by atoms with Gasteiger partial charge >= 0.3 is 5.97 Å². The highest BCUT2D eigenvalue weighted by atomic mass is 32.2. The molecule has 2 atom stereocenters. The van der Waals surface area contributed by atoms with Crippen LogP contribution in [-0.4, -0.2) is 94.1 Å². The number of nitrogen functional groups attached to an aromatic ring is 1. The number of carbonyl (C=O) groups excluding carboxylic acids is 2. The number of sulfone groups is 1. The van der Waals surface area contributed by atoms with Crippen molar-refractivity contribution in [1.29, 1.82) is 0 Å². The Hall–Kier alpha value is -3.18. The second-order valence-electron chi connectivity index (χ2n) is 6.66. The largest absolute Gasteiger partial charge is 0.477 e. The molecule has 1 saturated heterocycles. The number of amides is 2. The Balaban J connectivity index is 1.80. The lowest BCUT2D eigenvalue weighted by Crippen LogP contribution is -2.71. The summed E-state index contributed by atoms with van der Waals surface area (Å²) in [4.78, 5) is 46.9. The van der Waals surface area contributed by atoms with E-state index in [-0.39, 0.29) is 27.9 Å². The third-order valence-electron chi connectivity index (χ3n) is 4.50. The van der Waals surface area contributed by atoms with Crippen LogP contribution in [0.4, 0.5) is 5.13 Å². The number of nitrogens with two attached hydrogens (primary N) is 1. The van der Waals surface area contributed by atoms with Gasteiger partial charge in [0.05, 0.1) is 17.7 Å². The maximum Gasteiger partial charge on any atom is 0.352 e. The summed E-state index contributed by atoms with van der Waals surface area (Å²) in [6, 6.07) is -1.07. The number of thioether (sulfide) groups is 1. The predicted molar refractivity (Wildman–Crippen MR) is 119 cm³/mol. The molecule has 1 fully saturated rings. The zero-order valence-electron chi connectivity index (χ0n) is 16.9. The molecule has 0 spiro atoms. The topological polar surface area (TPSA) is 214 Å². The number of anilines is 1. The van der Waals surface area contributed by atoms with Crippen molar-refractivity contribution < 1.29 is 38.0 Å². The summed E-state index contributed by atoms with van der Waals surface area (Å²) in [5, 5.41) is 27.7. The van der Waals surface area contributed by atoms with Crippen LogP contribution in [0.1, 0.15) is 5.69 Å². The summed E-state index contributed by atoms with van der Waals surface area (Å²) in [7, 11) is -2.60. The van der Waals surface area contributed by atoms with E-state index in [0.717, 1.165) is 34.2 Å². The smallest absolute Gasteiger partial charge is 0.352 e. The molecule has 5 N–H and O–H groups in total. The molecule has 2 aliphatic rings. The van der Waals surface area contributed by atoms with Crippen molar-refractivity contribution in [3.05, 3.63) is 22.3 Å². The number of rotatable bonds is 9. The Bertz CT molecular complexity index is 1170. The molecule has 1 aromatic rings. The third-order valence-corrected chi connectivity index (χ3v) is 7.96. The summed E-state index contributed by atoms with van der Waals surface area (Å²) in [6.07, 6.45) is 0.768. The van der Waals surface area contributed by atoms with Crippen LogP contribution in [0.2, 0.25) is 0 Å². The average Bonchev–Trinajstić information content (AvgIpc) is 3.19. The number of nitrogens with one attached hydrogen (secondary N) is 1. The molecular weight excluding hydrogens is 500 g/mol. The number of carboxylic acids is 1. The lowest BCUT2D eigenvalue weighted by Gasteiger charge is -2.49. The van der Waals surface area contributed by atoms with Crippen molar-refractivity contribution in [2.24, 2.45) is 10.3 Å². The van der Waals surface area contributed by atoms with Crippen molar-refractivity contribution in [1.82, 2.24) is 15.2 Å². The summed E-state index contributed by atoms with van der Waals surface area (Å²) >= 11 is 2.18. The van der Waals surface area contributed by atoms with Gasteiger partial charge in [-0.1, -0.05) is 5.16 Å². The number of nitrogens with zero attached hydrogens (tertiary/aromatic N) is 4. The van der Waals surface area contributed by atoms with Crippen molar-refractivity contribution in [3.8, 4) is 0 Å². The first-order valence-electron chi connectivity index (χ1n) is 8.99. The van der Waals surface area contributed by atoms with Crippen molar-refractivity contribution in [2.45, 2.75) is 11.4 Å². The Kier molecular flexibility index (Phi) is 7.23. The molecule has 178 valence electrons. The second-order valence-corrected chi connectivity index (χ2v) is 10.8. The zero-order chi connectivity index (χ0) is 24.3. The molecule has 17 heteroatoms. The van der Waals surface area contributed by atoms with E-state index in [1.54, 1.807) is 0 Å². The fraction of sp³-hybridized carbons (Fsp3) is 0.375. The van der Waals surface area contributed by atoms with Crippen LogP contribution in [0, 0.1) is 0 Å². The SMILES string of the molecule is CO/N=C(\C(=O)NC1C(=O)N2C(C(=O)O)=C(CS(=O)(=O)CC=NO)CS[C@H]12)c1csc(N)n1. The van der Waals surface area contributed by atoms with E-state index < -0.39 is 56.2 Å². The van der Waals surface area contributed by atoms with Gasteiger partial charge in [-0.25, -0.2) is 18.2 Å². The van der Waals surface area contributed by atoms with Crippen LogP contribution in [0.5, 0.6) is 0 Å². The molecule has 1 aromatic heterocycles. The van der Waals surface area contributed by atoms with Crippen LogP contribution < -0.4 is 11.1 Å². The van der Waals surface area contributed by atoms with Crippen LogP contribution in [0.15, 0.2) is 27.0 Å². The van der Waals surface area contributed by atoms with Gasteiger partial charge in [-0.3, -0.25) is 14.5 Å². The van der Waals surface area contributed by atoms with Gasteiger partial charge < -0.3 is 26.2 Å². The predicted octanol–water partition coefficient (Wildman–Crippen LogP) is -1.31. The molecule has 1 unspecified atom stereocenters. The van der Waals surface area contributed by atoms with E-state index in [1.807, 2.05) is 0 Å². The standard InChI is InChI=1S/C16H18N6O8S3/c1-30-21-9(8-5-32-16(17)19-8)12(23)20-10-13(24)22-11(15(25)26)7(4-31-14(10)22)6-33(28,29)3-2-18-27/h2,5,10,14,27H,3-4,6H2,1H3,(H2,17,19)(H,20,23)(H,25,26)/b18-2?,21-9-/t10?,14-/m1/s1. The lowest BCUT2D eigenvalue weighted by atomic mass is 10.0. The molecule has 3 rings (SSSR count). The number of fused-ring (bicyclic) bond motifs is 1. The zero-order valence-corrected chi connectivity index (χ0v) is 19.3. The molecular formula is C16H18N6O8S3. The molecule has 0 aromatic carbocycles. The Morgan fingerprint density at radius 1 is 1.48 bits per heavy atom. The maximum absolute atomic E-state index is 12.7. The number of thiazole rings is 1. The van der Waals surface area contributed by atoms with Gasteiger partial charge in [0.2, 0.25) is 0 Å². The van der Waals surface area contributed by atoms with Crippen LogP contribution in [0.25, 0.3) is 0 Å². The molecule has 0 saturated carbocycles. The first-order valence-corrected chi connectivity index (χ1v) is 12.7. The first kappa shape index (κ1) is 24.5. The normalized spacial score (nSPS) is 21.1. The number of oxime groups is 2. The number of aliphatic carboxylic acids is 1. The minimum Gasteiger partial charge on any atom is -0.477 e. The summed E-state index contributed by atoms with van der Waals surface area (Å²) in [5.41, 5.74) is 5.08. The van der Waals surface area contributed by atoms with Crippen LogP contribution in [-0.2, 0) is 29.1 Å². The highest BCUT2D eigenvalue weighted by molar-refractivity contribution is 8.00. The Morgan fingerprint density at radius 3 is 2.79 bits per heavy atom. The molecule has 2 amide bonds. The lowest BCUT2D eigenvalue weighted by molar-refractivity contribution is -0.150. The van der Waals surface area contributed by atoms with Gasteiger partial charge in [0.15, 0.2) is 20.7 Å². The van der Waals surface area contributed by atoms with E-state index in [2.05, 4.69) is 25.4 Å². The van der Waals surface area contributed by atoms with Crippen LogP contribution in [0.3, 0.4) is 0 Å². The molecule has 0 radical (unpaired) electrons. The van der Waals surface area contributed by atoms with Crippen LogP contribution >= 0.6 is 23.1 Å². The van der Waals surface area contributed by atoms with E-state index in [4.69, 9.17) is 10.9 Å². The van der Waals surface area contributed by atoms with E-state index in [1.165, 1.54) is 12.5 Å². The quantitative estimate of drug-likeness (QED) is 0.130. The van der Waals surface area contributed by atoms with Gasteiger partial charge in [0.1, 0.15) is 29.9 Å². The molecule has 0 aliphatic carbocycles. The minimum atomic E-state index is -3.82. The fourth-order valence-corrected chi connectivity index (χ4v) is 6.37. The van der Waals surface area contributed by atoms with E-state index >= 15 is 0 Å². The summed E-state index contributed by atoms with van der Waals surface area (Å²) < 4.78 is 24.3. The van der Waals surface area contributed by atoms with Gasteiger partial charge in [-0.05, 0) is 5.57 Å². The average molecular weight is 519 g/mol. The monoisotopic (exact) mass is 518 g/mol. The molecule has 14 nitrogen and oxygen atoms in total. The Morgan fingerprint density at radius 2 is 2.21 bits per heavy atom. The van der Waals surface area contributed by atoms with Gasteiger partial charge in [0, 0.05) is 11.1 Å². The summed E-state index contributed by atoms with van der Waals surface area (Å²) in [6.45, 7) is 0. The highest BCUT2D eigenvalue weighted by Crippen LogP contribution is 2.40. The minimum absolute atomic E-state index is 0.000411. The van der Waals surface area contributed by atoms with Crippen molar-refractivity contribution in [2.75, 3.05) is 30.1 Å². The van der Waals surface area contributed by atoms with Gasteiger partial charge in [0.25, 0.3) is 11.8 Å². The summed E-state index contributed by atoms with van der Waals surface area (Å²) in [5.74, 6) is -4.20. The number of carboxylic acid groups (broad SMARTS) is 1. The van der Waals surface area contributed by atoms with Gasteiger partial charge in [-0.2, -0.15) is 0 Å². The van der Waals surface area contributed by atoms with E-state index in [0.29, 0.717) is 0 Å². The number of hydrogen-bond donors (Lipinski definition) is 4. The Labute approximate surface area is 195 Å². The van der Waals surface area contributed by atoms with Crippen molar-refractivity contribution in [3.63, 3.8) is 0 Å². The van der Waals surface area contributed by atoms with E-state index in [9.17, 15) is 27.9 Å². The number of β-lactam (4-membered cyclic amide) rings is 1.